The Bertz CT molecular complexity index is 332. The van der Waals surface area contributed by atoms with Crippen molar-refractivity contribution in [2.24, 2.45) is 18.7 Å². The second-order valence-electron chi connectivity index (χ2n) is 4.13. The van der Waals surface area contributed by atoms with Gasteiger partial charge in [0.25, 0.3) is 0 Å². The van der Waals surface area contributed by atoms with E-state index in [1.165, 1.54) is 0 Å². The predicted octanol–water partition coefficient (Wildman–Crippen LogP) is 0.732. The number of nitrogens with two attached hydrogens (primary N) is 1. The Labute approximate surface area is 89.6 Å². The smallest absolute Gasteiger partial charge is 0.241 e. The van der Waals surface area contributed by atoms with E-state index in [0.717, 1.165) is 0 Å². The normalized spacial score (nSPS) is 12.9. The van der Waals surface area contributed by atoms with Crippen molar-refractivity contribution in [3.63, 3.8) is 0 Å². The zero-order valence-electron chi connectivity index (χ0n) is 9.40. The topological polar surface area (TPSA) is 72.9 Å². The van der Waals surface area contributed by atoms with Crippen LogP contribution >= 0.6 is 0 Å². The number of carbonyl (C=O) groups excluding carboxylic acids is 1. The Morgan fingerprint density at radius 1 is 1.67 bits per heavy atom. The van der Waals surface area contributed by atoms with Gasteiger partial charge in [0.15, 0.2) is 0 Å². The van der Waals surface area contributed by atoms with Crippen LogP contribution in [-0.2, 0) is 11.8 Å². The Balaban J connectivity index is 2.48. The standard InChI is InChI=1S/C10H18N4O/c1-7(2)4-9(11)10(15)13-8-5-12-14(3)6-8/h5-7,9H,4,11H2,1-3H3,(H,13,15). The average Bonchev–Trinajstić information content (AvgIpc) is 2.50. The van der Waals surface area contributed by atoms with Crippen LogP contribution in [0, 0.1) is 5.92 Å². The fraction of sp³-hybridized carbons (Fsp3) is 0.600. The average molecular weight is 210 g/mol. The number of aromatic nitrogens is 2. The van der Waals surface area contributed by atoms with E-state index < -0.39 is 6.04 Å². The second kappa shape index (κ2) is 4.93. The lowest BCUT2D eigenvalue weighted by atomic mass is 10.0. The van der Waals surface area contributed by atoms with Gasteiger partial charge in [0.1, 0.15) is 0 Å². The molecule has 3 N–H and O–H groups in total. The van der Waals surface area contributed by atoms with E-state index in [4.69, 9.17) is 5.73 Å². The van der Waals surface area contributed by atoms with Crippen LogP contribution in [0.15, 0.2) is 12.4 Å². The van der Waals surface area contributed by atoms with Crippen molar-refractivity contribution in [1.82, 2.24) is 9.78 Å². The zero-order valence-corrected chi connectivity index (χ0v) is 9.40. The molecule has 0 aliphatic rings. The summed E-state index contributed by atoms with van der Waals surface area (Å²) in [6, 6.07) is -0.454. The first-order valence-corrected chi connectivity index (χ1v) is 5.04. The van der Waals surface area contributed by atoms with E-state index in [9.17, 15) is 4.79 Å². The minimum atomic E-state index is -0.454. The minimum Gasteiger partial charge on any atom is -0.322 e. The lowest BCUT2D eigenvalue weighted by molar-refractivity contribution is -0.117. The number of aryl methyl sites for hydroxylation is 1. The van der Waals surface area contributed by atoms with E-state index in [1.54, 1.807) is 24.1 Å². The molecule has 0 bridgehead atoms. The van der Waals surface area contributed by atoms with Gasteiger partial charge in [0.2, 0.25) is 5.91 Å². The van der Waals surface area contributed by atoms with E-state index in [-0.39, 0.29) is 5.91 Å². The van der Waals surface area contributed by atoms with E-state index in [1.807, 2.05) is 13.8 Å². The summed E-state index contributed by atoms with van der Waals surface area (Å²) in [5.41, 5.74) is 6.42. The van der Waals surface area contributed by atoms with Crippen molar-refractivity contribution < 1.29 is 4.79 Å². The van der Waals surface area contributed by atoms with Crippen LogP contribution in [0.25, 0.3) is 0 Å². The highest BCUT2D eigenvalue weighted by atomic mass is 16.2. The molecule has 1 heterocycles. The molecule has 0 fully saturated rings. The largest absolute Gasteiger partial charge is 0.322 e. The van der Waals surface area contributed by atoms with Crippen molar-refractivity contribution in [2.75, 3.05) is 5.32 Å². The molecule has 0 spiro atoms. The van der Waals surface area contributed by atoms with Crippen LogP contribution in [0.5, 0.6) is 0 Å². The highest BCUT2D eigenvalue weighted by molar-refractivity contribution is 5.94. The molecule has 5 heteroatoms. The molecule has 0 radical (unpaired) electrons. The highest BCUT2D eigenvalue weighted by Gasteiger charge is 2.15. The molecule has 0 aliphatic carbocycles. The van der Waals surface area contributed by atoms with Crippen LogP contribution in [0.3, 0.4) is 0 Å². The number of carbonyl (C=O) groups is 1. The molecule has 1 aromatic heterocycles. The molecule has 0 saturated carbocycles. The molecule has 15 heavy (non-hydrogen) atoms. The number of nitrogens with one attached hydrogen (secondary N) is 1. The third-order valence-corrected chi connectivity index (χ3v) is 2.03. The first-order chi connectivity index (χ1) is 6.99. The van der Waals surface area contributed by atoms with Gasteiger partial charge >= 0.3 is 0 Å². The number of amides is 1. The third kappa shape index (κ3) is 3.71. The number of hydrogen-bond acceptors (Lipinski definition) is 3. The molecule has 1 aromatic rings. The lowest BCUT2D eigenvalue weighted by Gasteiger charge is -2.12. The van der Waals surface area contributed by atoms with E-state index >= 15 is 0 Å². The van der Waals surface area contributed by atoms with Crippen molar-refractivity contribution in [1.29, 1.82) is 0 Å². The Morgan fingerprint density at radius 3 is 2.80 bits per heavy atom. The van der Waals surface area contributed by atoms with Gasteiger partial charge in [-0.15, -0.1) is 0 Å². The van der Waals surface area contributed by atoms with Crippen LogP contribution in [-0.4, -0.2) is 21.7 Å². The van der Waals surface area contributed by atoms with Gasteiger partial charge in [-0.3, -0.25) is 9.48 Å². The van der Waals surface area contributed by atoms with Gasteiger partial charge in [-0.1, -0.05) is 13.8 Å². The Kier molecular flexibility index (Phi) is 3.85. The van der Waals surface area contributed by atoms with Crippen LogP contribution in [0.2, 0.25) is 0 Å². The fourth-order valence-electron chi connectivity index (χ4n) is 1.34. The first kappa shape index (κ1) is 11.7. The summed E-state index contributed by atoms with van der Waals surface area (Å²) in [7, 11) is 1.80. The molecule has 1 unspecified atom stereocenters. The maximum absolute atomic E-state index is 11.6. The molecule has 84 valence electrons. The van der Waals surface area contributed by atoms with Crippen molar-refractivity contribution in [3.05, 3.63) is 12.4 Å². The van der Waals surface area contributed by atoms with Gasteiger partial charge in [0.05, 0.1) is 17.9 Å². The number of anilines is 1. The van der Waals surface area contributed by atoms with E-state index in [2.05, 4.69) is 10.4 Å². The number of nitrogens with zero attached hydrogens (tertiary/aromatic N) is 2. The molecule has 1 rings (SSSR count). The van der Waals surface area contributed by atoms with Gasteiger partial charge in [-0.2, -0.15) is 5.10 Å². The highest BCUT2D eigenvalue weighted by Crippen LogP contribution is 2.07. The van der Waals surface area contributed by atoms with Gasteiger partial charge in [-0.05, 0) is 12.3 Å². The fourth-order valence-corrected chi connectivity index (χ4v) is 1.34. The van der Waals surface area contributed by atoms with Crippen molar-refractivity contribution >= 4 is 11.6 Å². The predicted molar refractivity (Wildman–Crippen MR) is 59.3 cm³/mol. The molecular formula is C10H18N4O. The van der Waals surface area contributed by atoms with Gasteiger partial charge < -0.3 is 11.1 Å². The van der Waals surface area contributed by atoms with Crippen molar-refractivity contribution in [2.45, 2.75) is 26.3 Å². The van der Waals surface area contributed by atoms with Crippen molar-refractivity contribution in [3.8, 4) is 0 Å². The van der Waals surface area contributed by atoms with Crippen LogP contribution in [0.1, 0.15) is 20.3 Å². The molecule has 0 aromatic carbocycles. The summed E-state index contributed by atoms with van der Waals surface area (Å²) < 4.78 is 1.63. The SMILES string of the molecule is CC(C)CC(N)C(=O)Nc1cnn(C)c1. The van der Waals surface area contributed by atoms with E-state index in [0.29, 0.717) is 18.0 Å². The minimum absolute atomic E-state index is 0.156. The molecule has 1 amide bonds. The molecule has 0 saturated heterocycles. The monoisotopic (exact) mass is 210 g/mol. The first-order valence-electron chi connectivity index (χ1n) is 5.04. The molecule has 0 aliphatic heterocycles. The molecule has 1 atom stereocenters. The Hall–Kier alpha value is -1.36. The summed E-state index contributed by atoms with van der Waals surface area (Å²) in [5, 5.41) is 6.67. The molecule has 5 nitrogen and oxygen atoms in total. The maximum Gasteiger partial charge on any atom is 0.241 e. The lowest BCUT2D eigenvalue weighted by Crippen LogP contribution is -2.36. The maximum atomic E-state index is 11.6. The second-order valence-corrected chi connectivity index (χ2v) is 4.13. The van der Waals surface area contributed by atoms with Gasteiger partial charge in [0, 0.05) is 13.2 Å². The summed E-state index contributed by atoms with van der Waals surface area (Å²) in [6.45, 7) is 4.08. The van der Waals surface area contributed by atoms with Crippen LogP contribution in [0.4, 0.5) is 5.69 Å². The summed E-state index contributed by atoms with van der Waals surface area (Å²) in [6.07, 6.45) is 4.02. The summed E-state index contributed by atoms with van der Waals surface area (Å²) in [4.78, 5) is 11.6. The number of hydrogen-bond donors (Lipinski definition) is 2. The van der Waals surface area contributed by atoms with Crippen LogP contribution < -0.4 is 11.1 Å². The Morgan fingerprint density at radius 2 is 2.33 bits per heavy atom. The quantitative estimate of drug-likeness (QED) is 0.769. The third-order valence-electron chi connectivity index (χ3n) is 2.03. The summed E-state index contributed by atoms with van der Waals surface area (Å²) in [5.74, 6) is 0.261. The van der Waals surface area contributed by atoms with Gasteiger partial charge in [-0.25, -0.2) is 0 Å². The zero-order chi connectivity index (χ0) is 11.4. The summed E-state index contributed by atoms with van der Waals surface area (Å²) >= 11 is 0. The molecular weight excluding hydrogens is 192 g/mol. The number of rotatable bonds is 4.